The fraction of sp³-hybridized carbons (Fsp3) is 0.182. The van der Waals surface area contributed by atoms with Crippen LogP contribution in [-0.2, 0) is 11.2 Å². The zero-order chi connectivity index (χ0) is 11.5. The molecule has 1 unspecified atom stereocenters. The Hall–Kier alpha value is -1.85. The van der Waals surface area contributed by atoms with Gasteiger partial charge in [-0.05, 0) is 11.6 Å². The summed E-state index contributed by atoms with van der Waals surface area (Å²) in [6.07, 6.45) is 1.99. The van der Waals surface area contributed by atoms with Crippen LogP contribution < -0.4 is 5.48 Å². The molecular formula is C11H12N2O3. The molecule has 0 aliphatic rings. The van der Waals surface area contributed by atoms with Crippen LogP contribution in [0, 0.1) is 0 Å². The lowest BCUT2D eigenvalue weighted by Crippen LogP contribution is -2.36. The molecule has 5 nitrogen and oxygen atoms in total. The van der Waals surface area contributed by atoms with Crippen LogP contribution in [0.3, 0.4) is 0 Å². The van der Waals surface area contributed by atoms with Crippen molar-refractivity contribution < 1.29 is 15.1 Å². The molecule has 2 rings (SSSR count). The quantitative estimate of drug-likeness (QED) is 0.582. The molecule has 1 atom stereocenters. The van der Waals surface area contributed by atoms with Gasteiger partial charge in [0.15, 0.2) is 0 Å². The number of hydrogen-bond donors (Lipinski definition) is 4. The van der Waals surface area contributed by atoms with Crippen LogP contribution in [0.5, 0.6) is 0 Å². The van der Waals surface area contributed by atoms with Crippen molar-refractivity contribution in [3.8, 4) is 0 Å². The number of nitrogens with one attached hydrogen (secondary N) is 2. The fourth-order valence-corrected chi connectivity index (χ4v) is 1.71. The minimum absolute atomic E-state index is 0.232. The predicted molar refractivity (Wildman–Crippen MR) is 58.3 cm³/mol. The molecule has 1 heterocycles. The van der Waals surface area contributed by atoms with E-state index in [1.807, 2.05) is 24.3 Å². The maximum Gasteiger partial charge on any atom is 0.323 e. The number of hydroxylamine groups is 1. The van der Waals surface area contributed by atoms with Crippen molar-refractivity contribution in [1.29, 1.82) is 0 Å². The van der Waals surface area contributed by atoms with Gasteiger partial charge in [-0.25, -0.2) is 0 Å². The molecule has 0 bridgehead atoms. The van der Waals surface area contributed by atoms with E-state index in [2.05, 4.69) is 4.98 Å². The summed E-state index contributed by atoms with van der Waals surface area (Å²) in [6.45, 7) is 0. The van der Waals surface area contributed by atoms with Crippen molar-refractivity contribution in [2.75, 3.05) is 0 Å². The molecule has 0 fully saturated rings. The molecule has 0 amide bonds. The van der Waals surface area contributed by atoms with Gasteiger partial charge in [-0.15, -0.1) is 0 Å². The highest BCUT2D eigenvalue weighted by molar-refractivity contribution is 5.84. The van der Waals surface area contributed by atoms with Gasteiger partial charge in [-0.2, -0.15) is 5.48 Å². The summed E-state index contributed by atoms with van der Waals surface area (Å²) in [6, 6.07) is 6.64. The number of aromatic amines is 1. The molecular weight excluding hydrogens is 208 g/mol. The average Bonchev–Trinajstić information content (AvgIpc) is 2.69. The topological polar surface area (TPSA) is 85.3 Å². The van der Waals surface area contributed by atoms with Crippen LogP contribution in [0.1, 0.15) is 5.56 Å². The number of fused-ring (bicyclic) bond motifs is 1. The Bertz CT molecular complexity index is 507. The first-order valence-electron chi connectivity index (χ1n) is 4.90. The first-order chi connectivity index (χ1) is 7.72. The summed E-state index contributed by atoms with van der Waals surface area (Å²) >= 11 is 0. The van der Waals surface area contributed by atoms with Crippen molar-refractivity contribution in [1.82, 2.24) is 10.5 Å². The molecule has 0 radical (unpaired) electrons. The second-order valence-electron chi connectivity index (χ2n) is 3.58. The summed E-state index contributed by atoms with van der Waals surface area (Å²) in [5.74, 6) is -1.08. The summed E-state index contributed by atoms with van der Waals surface area (Å²) in [4.78, 5) is 13.8. The molecule has 84 valence electrons. The van der Waals surface area contributed by atoms with E-state index in [-0.39, 0.29) is 6.42 Å². The zero-order valence-corrected chi connectivity index (χ0v) is 8.47. The zero-order valence-electron chi connectivity index (χ0n) is 8.47. The largest absolute Gasteiger partial charge is 0.480 e. The summed E-state index contributed by atoms with van der Waals surface area (Å²) in [5.41, 5.74) is 3.61. The Labute approximate surface area is 91.7 Å². The monoisotopic (exact) mass is 220 g/mol. The van der Waals surface area contributed by atoms with Crippen LogP contribution >= 0.6 is 0 Å². The lowest BCUT2D eigenvalue weighted by Gasteiger charge is -2.08. The molecule has 0 spiro atoms. The van der Waals surface area contributed by atoms with E-state index >= 15 is 0 Å². The van der Waals surface area contributed by atoms with Crippen molar-refractivity contribution in [2.24, 2.45) is 0 Å². The first kappa shape index (κ1) is 10.7. The summed E-state index contributed by atoms with van der Waals surface area (Å²) in [5, 5.41) is 18.5. The van der Waals surface area contributed by atoms with Crippen LogP contribution in [0.15, 0.2) is 30.5 Å². The van der Waals surface area contributed by atoms with E-state index in [1.165, 1.54) is 0 Å². The number of aliphatic carboxylic acids is 1. The summed E-state index contributed by atoms with van der Waals surface area (Å²) in [7, 11) is 0. The molecule has 0 saturated carbocycles. The molecule has 2 aromatic rings. The molecule has 5 heteroatoms. The number of carboxylic acids is 1. The average molecular weight is 220 g/mol. The second kappa shape index (κ2) is 4.34. The van der Waals surface area contributed by atoms with Gasteiger partial charge in [0.2, 0.25) is 0 Å². The third kappa shape index (κ3) is 1.91. The Balaban J connectivity index is 2.30. The van der Waals surface area contributed by atoms with Gasteiger partial charge in [0.25, 0.3) is 0 Å². The predicted octanol–water partition coefficient (Wildman–Crippen LogP) is 1.14. The highest BCUT2D eigenvalue weighted by Crippen LogP contribution is 2.18. The highest BCUT2D eigenvalue weighted by atomic mass is 16.5. The van der Waals surface area contributed by atoms with Crippen LogP contribution in [-0.4, -0.2) is 27.3 Å². The number of H-pyrrole nitrogens is 1. The smallest absolute Gasteiger partial charge is 0.323 e. The van der Waals surface area contributed by atoms with E-state index in [9.17, 15) is 4.79 Å². The number of carboxylic acid groups (broad SMARTS) is 1. The van der Waals surface area contributed by atoms with E-state index in [4.69, 9.17) is 10.3 Å². The Morgan fingerprint density at radius 2 is 2.19 bits per heavy atom. The molecule has 0 aliphatic carbocycles. The van der Waals surface area contributed by atoms with Crippen LogP contribution in [0.25, 0.3) is 10.9 Å². The first-order valence-corrected chi connectivity index (χ1v) is 4.90. The van der Waals surface area contributed by atoms with E-state index in [0.717, 1.165) is 16.5 Å². The molecule has 16 heavy (non-hydrogen) atoms. The Kier molecular flexibility index (Phi) is 2.89. The van der Waals surface area contributed by atoms with Gasteiger partial charge in [-0.1, -0.05) is 18.2 Å². The second-order valence-corrected chi connectivity index (χ2v) is 3.58. The lowest BCUT2D eigenvalue weighted by molar-refractivity contribution is -0.142. The maximum atomic E-state index is 10.8. The normalized spacial score (nSPS) is 12.8. The fourth-order valence-electron chi connectivity index (χ4n) is 1.71. The van der Waals surface area contributed by atoms with E-state index in [0.29, 0.717) is 0 Å². The highest BCUT2D eigenvalue weighted by Gasteiger charge is 2.18. The van der Waals surface area contributed by atoms with Gasteiger partial charge >= 0.3 is 5.97 Å². The van der Waals surface area contributed by atoms with Crippen LogP contribution in [0.4, 0.5) is 0 Å². The van der Waals surface area contributed by atoms with Crippen molar-refractivity contribution >= 4 is 16.9 Å². The molecule has 1 aromatic carbocycles. The molecule has 4 N–H and O–H groups in total. The Morgan fingerprint density at radius 3 is 2.88 bits per heavy atom. The van der Waals surface area contributed by atoms with Crippen molar-refractivity contribution in [3.63, 3.8) is 0 Å². The van der Waals surface area contributed by atoms with Gasteiger partial charge in [0.1, 0.15) is 6.04 Å². The van der Waals surface area contributed by atoms with Gasteiger partial charge in [0.05, 0.1) is 0 Å². The van der Waals surface area contributed by atoms with E-state index < -0.39 is 12.0 Å². The van der Waals surface area contributed by atoms with Gasteiger partial charge in [-0.3, -0.25) is 4.79 Å². The molecule has 1 aromatic heterocycles. The van der Waals surface area contributed by atoms with Gasteiger partial charge < -0.3 is 15.3 Å². The third-order valence-corrected chi connectivity index (χ3v) is 2.55. The van der Waals surface area contributed by atoms with Crippen molar-refractivity contribution in [2.45, 2.75) is 12.5 Å². The van der Waals surface area contributed by atoms with Gasteiger partial charge in [0, 0.05) is 23.5 Å². The number of rotatable bonds is 4. The minimum Gasteiger partial charge on any atom is -0.480 e. The SMILES string of the molecule is O=C(O)C(Cc1c[nH]c2ccccc12)NO. The molecule has 0 aliphatic heterocycles. The maximum absolute atomic E-state index is 10.8. The van der Waals surface area contributed by atoms with Crippen molar-refractivity contribution in [3.05, 3.63) is 36.0 Å². The standard InChI is InChI=1S/C11H12N2O3/c14-11(15)10(13-16)5-7-6-12-9-4-2-1-3-8(7)9/h1-4,6,10,12-13,16H,5H2,(H,14,15). The van der Waals surface area contributed by atoms with E-state index in [1.54, 1.807) is 11.7 Å². The number of para-hydroxylation sites is 1. The number of benzene rings is 1. The summed E-state index contributed by atoms with van der Waals surface area (Å²) < 4.78 is 0. The number of hydrogen-bond acceptors (Lipinski definition) is 3. The number of aromatic nitrogens is 1. The van der Waals surface area contributed by atoms with Crippen LogP contribution in [0.2, 0.25) is 0 Å². The number of carbonyl (C=O) groups is 1. The minimum atomic E-state index is -1.08. The lowest BCUT2D eigenvalue weighted by atomic mass is 10.1. The Morgan fingerprint density at radius 1 is 1.44 bits per heavy atom. The third-order valence-electron chi connectivity index (χ3n) is 2.55. The molecule has 0 saturated heterocycles.